The Morgan fingerprint density at radius 1 is 1.12 bits per heavy atom. The second-order valence-electron chi connectivity index (χ2n) is 5.63. The van der Waals surface area contributed by atoms with Gasteiger partial charge in [-0.3, -0.25) is 4.79 Å². The lowest BCUT2D eigenvalue weighted by molar-refractivity contribution is 0.102. The Hall–Kier alpha value is -2.80. The number of nitrogen functional groups attached to an aromatic ring is 1. The number of Topliss-reactive ketones (excluding diaryl/α,β-unsaturated/α-hetero) is 1. The Kier molecular flexibility index (Phi) is 5.91. The SMILES string of the molecule is CCc1ccc(C(=O)CSc2nnc(COc3ccccc3)n2N)cc1. The molecule has 7 heteroatoms. The summed E-state index contributed by atoms with van der Waals surface area (Å²) < 4.78 is 6.99. The van der Waals surface area contributed by atoms with Crippen LogP contribution in [0, 0.1) is 0 Å². The van der Waals surface area contributed by atoms with Crippen LogP contribution < -0.4 is 10.6 Å². The molecule has 0 bridgehead atoms. The lowest BCUT2D eigenvalue weighted by Gasteiger charge is -2.06. The maximum atomic E-state index is 12.3. The van der Waals surface area contributed by atoms with Gasteiger partial charge < -0.3 is 10.6 Å². The lowest BCUT2D eigenvalue weighted by Crippen LogP contribution is -2.16. The van der Waals surface area contributed by atoms with Crippen LogP contribution in [-0.4, -0.2) is 26.4 Å². The van der Waals surface area contributed by atoms with E-state index in [1.807, 2.05) is 54.6 Å². The Labute approximate surface area is 156 Å². The molecular weight excluding hydrogens is 348 g/mol. The first-order valence-corrected chi connectivity index (χ1v) is 9.28. The van der Waals surface area contributed by atoms with Crippen molar-refractivity contribution >= 4 is 17.5 Å². The van der Waals surface area contributed by atoms with E-state index in [1.165, 1.54) is 22.0 Å². The second kappa shape index (κ2) is 8.53. The molecule has 0 aliphatic heterocycles. The highest BCUT2D eigenvalue weighted by molar-refractivity contribution is 7.99. The summed E-state index contributed by atoms with van der Waals surface area (Å²) in [6.45, 7) is 2.29. The molecule has 1 heterocycles. The van der Waals surface area contributed by atoms with E-state index in [2.05, 4.69) is 17.1 Å². The number of thioether (sulfide) groups is 1. The third-order valence-electron chi connectivity index (χ3n) is 3.86. The van der Waals surface area contributed by atoms with Crippen molar-refractivity contribution in [1.29, 1.82) is 0 Å². The molecule has 0 radical (unpaired) electrons. The lowest BCUT2D eigenvalue weighted by atomic mass is 10.1. The zero-order chi connectivity index (χ0) is 18.4. The van der Waals surface area contributed by atoms with Gasteiger partial charge in [-0.2, -0.15) is 0 Å². The summed E-state index contributed by atoms with van der Waals surface area (Å²) in [7, 11) is 0. The van der Waals surface area contributed by atoms with Crippen molar-refractivity contribution in [2.45, 2.75) is 25.1 Å². The van der Waals surface area contributed by atoms with Gasteiger partial charge in [0.25, 0.3) is 0 Å². The van der Waals surface area contributed by atoms with Gasteiger partial charge in [0.1, 0.15) is 12.4 Å². The largest absolute Gasteiger partial charge is 0.486 e. The summed E-state index contributed by atoms with van der Waals surface area (Å²) in [6, 6.07) is 17.1. The number of carbonyl (C=O) groups excluding carboxylic acids is 1. The van der Waals surface area contributed by atoms with Crippen molar-refractivity contribution in [3.05, 3.63) is 71.5 Å². The summed E-state index contributed by atoms with van der Waals surface area (Å²) in [5.74, 6) is 7.52. The monoisotopic (exact) mass is 368 g/mol. The highest BCUT2D eigenvalue weighted by atomic mass is 32.2. The summed E-state index contributed by atoms with van der Waals surface area (Å²) >= 11 is 1.26. The molecule has 0 amide bonds. The van der Waals surface area contributed by atoms with E-state index >= 15 is 0 Å². The second-order valence-corrected chi connectivity index (χ2v) is 6.58. The third-order valence-corrected chi connectivity index (χ3v) is 4.81. The van der Waals surface area contributed by atoms with Crippen LogP contribution >= 0.6 is 11.8 Å². The van der Waals surface area contributed by atoms with E-state index in [0.717, 1.165) is 12.2 Å². The number of aryl methyl sites for hydroxylation is 1. The van der Waals surface area contributed by atoms with Crippen molar-refractivity contribution in [3.8, 4) is 5.75 Å². The number of rotatable bonds is 8. The Bertz CT molecular complexity index is 863. The minimum absolute atomic E-state index is 0.0303. The topological polar surface area (TPSA) is 83.0 Å². The van der Waals surface area contributed by atoms with Gasteiger partial charge in [-0.05, 0) is 24.1 Å². The minimum Gasteiger partial charge on any atom is -0.486 e. The molecule has 1 aromatic heterocycles. The predicted octanol–water partition coefficient (Wildman–Crippen LogP) is 3.11. The van der Waals surface area contributed by atoms with Gasteiger partial charge >= 0.3 is 0 Å². The van der Waals surface area contributed by atoms with Gasteiger partial charge in [-0.15, -0.1) is 10.2 Å². The zero-order valence-electron chi connectivity index (χ0n) is 14.5. The van der Waals surface area contributed by atoms with Crippen molar-refractivity contribution in [3.63, 3.8) is 0 Å². The number of ketones is 1. The van der Waals surface area contributed by atoms with Crippen LogP contribution in [0.15, 0.2) is 59.8 Å². The zero-order valence-corrected chi connectivity index (χ0v) is 15.3. The molecule has 26 heavy (non-hydrogen) atoms. The predicted molar refractivity (Wildman–Crippen MR) is 102 cm³/mol. The van der Waals surface area contributed by atoms with E-state index in [1.54, 1.807) is 0 Å². The molecule has 2 aromatic carbocycles. The maximum absolute atomic E-state index is 12.3. The molecule has 3 rings (SSSR count). The first-order chi connectivity index (χ1) is 12.7. The molecular formula is C19H20N4O2S. The summed E-state index contributed by atoms with van der Waals surface area (Å²) in [5.41, 5.74) is 1.89. The number of nitrogens with zero attached hydrogens (tertiary/aromatic N) is 3. The summed E-state index contributed by atoms with van der Waals surface area (Å²) in [6.07, 6.45) is 0.952. The molecule has 0 aliphatic carbocycles. The van der Waals surface area contributed by atoms with Crippen LogP contribution in [0.4, 0.5) is 0 Å². The van der Waals surface area contributed by atoms with Crippen molar-refractivity contribution in [1.82, 2.24) is 14.9 Å². The fourth-order valence-corrected chi connectivity index (χ4v) is 3.08. The molecule has 134 valence electrons. The smallest absolute Gasteiger partial charge is 0.210 e. The van der Waals surface area contributed by atoms with E-state index in [4.69, 9.17) is 10.6 Å². The molecule has 2 N–H and O–H groups in total. The molecule has 0 saturated carbocycles. The standard InChI is InChI=1S/C19H20N4O2S/c1-2-14-8-10-15(11-9-14)17(24)13-26-19-22-21-18(23(19)20)12-25-16-6-4-3-5-7-16/h3-11H,2,12-13,20H2,1H3. The minimum atomic E-state index is 0.0303. The Morgan fingerprint density at radius 3 is 2.54 bits per heavy atom. The fraction of sp³-hybridized carbons (Fsp3) is 0.211. The number of hydrogen-bond donors (Lipinski definition) is 1. The third kappa shape index (κ3) is 4.43. The average Bonchev–Trinajstić information content (AvgIpc) is 3.05. The van der Waals surface area contributed by atoms with Gasteiger partial charge in [0.15, 0.2) is 11.6 Å². The first kappa shape index (κ1) is 18.0. The first-order valence-electron chi connectivity index (χ1n) is 8.29. The van der Waals surface area contributed by atoms with Crippen LogP contribution in [0.25, 0.3) is 0 Å². The van der Waals surface area contributed by atoms with Gasteiger partial charge in [-0.25, -0.2) is 4.68 Å². The molecule has 0 atom stereocenters. The van der Waals surface area contributed by atoms with Crippen molar-refractivity contribution < 1.29 is 9.53 Å². The maximum Gasteiger partial charge on any atom is 0.210 e. The quantitative estimate of drug-likeness (QED) is 0.374. The molecule has 0 unspecified atom stereocenters. The van der Waals surface area contributed by atoms with Crippen molar-refractivity contribution in [2.75, 3.05) is 11.6 Å². The molecule has 6 nitrogen and oxygen atoms in total. The number of nitrogens with two attached hydrogens (primary N) is 1. The van der Waals surface area contributed by atoms with Crippen LogP contribution in [0.2, 0.25) is 0 Å². The normalized spacial score (nSPS) is 10.7. The van der Waals surface area contributed by atoms with Gasteiger partial charge in [0.05, 0.1) is 5.75 Å². The number of hydrogen-bond acceptors (Lipinski definition) is 6. The van der Waals surface area contributed by atoms with E-state index in [-0.39, 0.29) is 18.1 Å². The highest BCUT2D eigenvalue weighted by Gasteiger charge is 2.14. The molecule has 0 saturated heterocycles. The van der Waals surface area contributed by atoms with E-state index in [0.29, 0.717) is 16.5 Å². The van der Waals surface area contributed by atoms with Crippen molar-refractivity contribution in [2.24, 2.45) is 0 Å². The molecule has 0 spiro atoms. The average molecular weight is 368 g/mol. The van der Waals surface area contributed by atoms with Gasteiger partial charge in [0.2, 0.25) is 5.16 Å². The summed E-state index contributed by atoms with van der Waals surface area (Å²) in [4.78, 5) is 12.3. The number of aromatic nitrogens is 3. The van der Waals surface area contributed by atoms with Crippen LogP contribution in [-0.2, 0) is 13.0 Å². The highest BCUT2D eigenvalue weighted by Crippen LogP contribution is 2.18. The molecule has 0 fully saturated rings. The number of para-hydroxylation sites is 1. The molecule has 3 aromatic rings. The van der Waals surface area contributed by atoms with Gasteiger partial charge in [0, 0.05) is 5.56 Å². The van der Waals surface area contributed by atoms with Crippen LogP contribution in [0.3, 0.4) is 0 Å². The van der Waals surface area contributed by atoms with E-state index < -0.39 is 0 Å². The molecule has 0 aliphatic rings. The Morgan fingerprint density at radius 2 is 1.85 bits per heavy atom. The van der Waals surface area contributed by atoms with E-state index in [9.17, 15) is 4.79 Å². The number of benzene rings is 2. The summed E-state index contributed by atoms with van der Waals surface area (Å²) in [5, 5.41) is 8.56. The number of carbonyl (C=O) groups is 1. The number of ether oxygens (including phenoxy) is 1. The van der Waals surface area contributed by atoms with Crippen LogP contribution in [0.1, 0.15) is 28.7 Å². The van der Waals surface area contributed by atoms with Crippen LogP contribution in [0.5, 0.6) is 5.75 Å². The van der Waals surface area contributed by atoms with Gasteiger partial charge in [-0.1, -0.05) is 61.2 Å². The fourth-order valence-electron chi connectivity index (χ4n) is 2.31. The Balaban J connectivity index is 1.56.